The van der Waals surface area contributed by atoms with Crippen LogP contribution in [0.1, 0.15) is 30.4 Å². The van der Waals surface area contributed by atoms with E-state index in [2.05, 4.69) is 11.1 Å². The number of hydrogen-bond acceptors (Lipinski definition) is 4. The van der Waals surface area contributed by atoms with Crippen molar-refractivity contribution in [3.8, 4) is 6.07 Å². The summed E-state index contributed by atoms with van der Waals surface area (Å²) in [6.07, 6.45) is 5.62. The highest BCUT2D eigenvalue weighted by molar-refractivity contribution is 5.68. The number of rotatable bonds is 2. The fourth-order valence-corrected chi connectivity index (χ4v) is 2.26. The van der Waals surface area contributed by atoms with Crippen molar-refractivity contribution in [3.63, 3.8) is 0 Å². The maximum absolute atomic E-state index is 11.1. The fraction of sp³-hybridized carbons (Fsp3) is 0.462. The molecule has 1 aliphatic rings. The molecule has 1 atom stereocenters. The second-order valence-electron chi connectivity index (χ2n) is 4.33. The Kier molecular flexibility index (Phi) is 3.38. The van der Waals surface area contributed by atoms with E-state index in [4.69, 9.17) is 0 Å². The Bertz CT molecular complexity index is 464. The molecule has 2 heterocycles. The van der Waals surface area contributed by atoms with Crippen molar-refractivity contribution in [2.24, 2.45) is 0 Å². The monoisotopic (exact) mass is 229 g/mol. The molecule has 0 amide bonds. The summed E-state index contributed by atoms with van der Waals surface area (Å²) >= 11 is 0. The lowest BCUT2D eigenvalue weighted by atomic mass is 10.0. The largest absolute Gasteiger partial charge is 0.346 e. The minimum atomic E-state index is -0.134. The van der Waals surface area contributed by atoms with E-state index in [1.165, 1.54) is 0 Å². The first-order chi connectivity index (χ1) is 8.27. The number of carbonyl (C=O) groups excluding carboxylic acids is 1. The van der Waals surface area contributed by atoms with Gasteiger partial charge in [0.05, 0.1) is 11.6 Å². The lowest BCUT2D eigenvalue weighted by Crippen LogP contribution is -2.41. The van der Waals surface area contributed by atoms with E-state index in [1.807, 2.05) is 17.9 Å². The maximum Gasteiger partial charge on any atom is 0.147 e. The highest BCUT2D eigenvalue weighted by Crippen LogP contribution is 2.26. The predicted molar refractivity (Wildman–Crippen MR) is 64.7 cm³/mol. The summed E-state index contributed by atoms with van der Waals surface area (Å²) < 4.78 is 0. The molecule has 17 heavy (non-hydrogen) atoms. The minimum Gasteiger partial charge on any atom is -0.346 e. The Hall–Kier alpha value is -1.89. The maximum atomic E-state index is 11.1. The average molecular weight is 229 g/mol. The lowest BCUT2D eigenvalue weighted by Gasteiger charge is -2.33. The van der Waals surface area contributed by atoms with Gasteiger partial charge in [-0.15, -0.1) is 0 Å². The Labute approximate surface area is 101 Å². The molecule has 2 rings (SSSR count). The molecule has 1 fully saturated rings. The summed E-state index contributed by atoms with van der Waals surface area (Å²) in [5.41, 5.74) is 1.49. The van der Waals surface area contributed by atoms with E-state index in [0.29, 0.717) is 11.4 Å². The summed E-state index contributed by atoms with van der Waals surface area (Å²) in [5, 5.41) is 9.18. The number of anilines is 1. The molecule has 88 valence electrons. The van der Waals surface area contributed by atoms with Gasteiger partial charge in [-0.1, -0.05) is 0 Å². The van der Waals surface area contributed by atoms with Crippen molar-refractivity contribution >= 4 is 12.1 Å². The van der Waals surface area contributed by atoms with Gasteiger partial charge in [0, 0.05) is 12.7 Å². The molecule has 4 heteroatoms. The molecule has 4 nitrogen and oxygen atoms in total. The van der Waals surface area contributed by atoms with Gasteiger partial charge >= 0.3 is 0 Å². The highest BCUT2D eigenvalue weighted by atomic mass is 16.1. The summed E-state index contributed by atoms with van der Waals surface area (Å²) in [7, 11) is 0. The van der Waals surface area contributed by atoms with E-state index in [1.54, 1.807) is 6.20 Å². The van der Waals surface area contributed by atoms with Crippen LogP contribution >= 0.6 is 0 Å². The van der Waals surface area contributed by atoms with Crippen LogP contribution in [0.4, 0.5) is 5.82 Å². The lowest BCUT2D eigenvalue weighted by molar-refractivity contribution is -0.109. The van der Waals surface area contributed by atoms with E-state index < -0.39 is 0 Å². The molecular weight excluding hydrogens is 214 g/mol. The zero-order chi connectivity index (χ0) is 12.3. The normalized spacial score (nSPS) is 19.8. The van der Waals surface area contributed by atoms with Crippen LogP contribution < -0.4 is 4.90 Å². The third kappa shape index (κ3) is 2.14. The fourth-order valence-electron chi connectivity index (χ4n) is 2.26. The van der Waals surface area contributed by atoms with Crippen LogP contribution in [0.2, 0.25) is 0 Å². The first-order valence-corrected chi connectivity index (χ1v) is 5.85. The van der Waals surface area contributed by atoms with Crippen molar-refractivity contribution in [1.29, 1.82) is 5.26 Å². The third-order valence-corrected chi connectivity index (χ3v) is 3.23. The SMILES string of the molecule is Cc1ccnc(N2CCCCC2C=O)c1C#N. The van der Waals surface area contributed by atoms with Gasteiger partial charge in [-0.05, 0) is 37.8 Å². The third-order valence-electron chi connectivity index (χ3n) is 3.23. The second-order valence-corrected chi connectivity index (χ2v) is 4.33. The van der Waals surface area contributed by atoms with E-state index in [0.717, 1.165) is 37.7 Å². The molecule has 0 radical (unpaired) electrons. The van der Waals surface area contributed by atoms with Crippen LogP contribution in [0.3, 0.4) is 0 Å². The Morgan fingerprint density at radius 3 is 3.12 bits per heavy atom. The number of carbonyl (C=O) groups is 1. The number of nitrogens with zero attached hydrogens (tertiary/aromatic N) is 3. The predicted octanol–water partition coefficient (Wildman–Crippen LogP) is 1.82. The van der Waals surface area contributed by atoms with Crippen molar-refractivity contribution < 1.29 is 4.79 Å². The molecule has 1 aliphatic heterocycles. The van der Waals surface area contributed by atoms with Crippen LogP contribution in [0.25, 0.3) is 0 Å². The first-order valence-electron chi connectivity index (χ1n) is 5.85. The number of pyridine rings is 1. The zero-order valence-corrected chi connectivity index (χ0v) is 9.89. The van der Waals surface area contributed by atoms with Crippen LogP contribution in [-0.2, 0) is 4.79 Å². The Balaban J connectivity index is 2.42. The molecule has 0 bridgehead atoms. The smallest absolute Gasteiger partial charge is 0.147 e. The second kappa shape index (κ2) is 4.96. The van der Waals surface area contributed by atoms with Crippen molar-refractivity contribution in [2.75, 3.05) is 11.4 Å². The first kappa shape index (κ1) is 11.6. The quantitative estimate of drug-likeness (QED) is 0.726. The Morgan fingerprint density at radius 2 is 2.41 bits per heavy atom. The van der Waals surface area contributed by atoms with Crippen LogP contribution in [0.5, 0.6) is 0 Å². The number of aromatic nitrogens is 1. The van der Waals surface area contributed by atoms with Gasteiger partial charge in [0.2, 0.25) is 0 Å². The molecular formula is C13H15N3O. The Morgan fingerprint density at radius 1 is 1.59 bits per heavy atom. The molecule has 1 aromatic heterocycles. The molecule has 0 aliphatic carbocycles. The van der Waals surface area contributed by atoms with Gasteiger partial charge in [0.15, 0.2) is 0 Å². The number of aryl methyl sites for hydroxylation is 1. The molecule has 0 saturated carbocycles. The molecule has 0 spiro atoms. The van der Waals surface area contributed by atoms with Crippen molar-refractivity contribution in [1.82, 2.24) is 4.98 Å². The van der Waals surface area contributed by atoms with Gasteiger partial charge in [-0.25, -0.2) is 4.98 Å². The van der Waals surface area contributed by atoms with Gasteiger partial charge < -0.3 is 9.69 Å². The van der Waals surface area contributed by atoms with Gasteiger partial charge in [0.1, 0.15) is 18.2 Å². The summed E-state index contributed by atoms with van der Waals surface area (Å²) in [4.78, 5) is 17.3. The number of hydrogen-bond donors (Lipinski definition) is 0. The molecule has 1 saturated heterocycles. The van der Waals surface area contributed by atoms with Crippen LogP contribution in [0, 0.1) is 18.3 Å². The standard InChI is InChI=1S/C13H15N3O/c1-10-5-6-15-13(12(10)8-14)16-7-3-2-4-11(16)9-17/h5-6,9,11H,2-4,7H2,1H3. The molecule has 0 aromatic carbocycles. The number of piperidine rings is 1. The van der Waals surface area contributed by atoms with Crippen LogP contribution in [0.15, 0.2) is 12.3 Å². The van der Waals surface area contributed by atoms with Gasteiger partial charge in [-0.3, -0.25) is 0 Å². The molecule has 1 aromatic rings. The average Bonchev–Trinajstić information content (AvgIpc) is 2.38. The number of aldehydes is 1. The van der Waals surface area contributed by atoms with Crippen molar-refractivity contribution in [2.45, 2.75) is 32.2 Å². The molecule has 0 N–H and O–H groups in total. The van der Waals surface area contributed by atoms with Gasteiger partial charge in [0.25, 0.3) is 0 Å². The zero-order valence-electron chi connectivity index (χ0n) is 9.89. The minimum absolute atomic E-state index is 0.134. The van der Waals surface area contributed by atoms with E-state index in [9.17, 15) is 10.1 Å². The van der Waals surface area contributed by atoms with Gasteiger partial charge in [-0.2, -0.15) is 5.26 Å². The van der Waals surface area contributed by atoms with Crippen LogP contribution in [-0.4, -0.2) is 23.9 Å². The molecule has 1 unspecified atom stereocenters. The highest BCUT2D eigenvalue weighted by Gasteiger charge is 2.25. The van der Waals surface area contributed by atoms with E-state index in [-0.39, 0.29) is 6.04 Å². The van der Waals surface area contributed by atoms with Crippen molar-refractivity contribution in [3.05, 3.63) is 23.4 Å². The number of nitriles is 1. The van der Waals surface area contributed by atoms with E-state index >= 15 is 0 Å². The summed E-state index contributed by atoms with van der Waals surface area (Å²) in [5.74, 6) is 0.657. The summed E-state index contributed by atoms with van der Waals surface area (Å²) in [6, 6.07) is 3.87. The summed E-state index contributed by atoms with van der Waals surface area (Å²) in [6.45, 7) is 2.69. The topological polar surface area (TPSA) is 57.0 Å².